The van der Waals surface area contributed by atoms with Gasteiger partial charge in [-0.1, -0.05) is 328 Å². The number of hydrogen-bond acceptors (Lipinski definition) is 5. The standard InChI is InChI=1S/C108H96BF3N6/c1-103(2,3)79-43-49-87-88-58-73(42-52-92(88)118(94(87)66-79)93-53-44-80(108(110,111)112)65-89(93)102-114-100(71-32-24-18-25-33-71)113-101(115-102)72-34-26-19-27-35-72)78-61-97-99-98(62-78)117(86-47-38-70(39-48-86)68-30-22-17-23-31-68)96-60-75(77-56-83(106(10,11)12)64-84(57-77)107(13,14)15)41-51-91(96)109(99)90-50-40-74(76-54-81(104(4,5)6)63-82(55-76)105(7,8)9)59-95(90)116(97)85-45-36-69(37-46-85)67-28-20-16-21-29-67/h16-66H,1-15H3. The third-order valence-electron chi connectivity index (χ3n) is 24.0. The lowest BCUT2D eigenvalue weighted by atomic mass is 9.33. The molecule has 2 aromatic heterocycles. The van der Waals surface area contributed by atoms with Gasteiger partial charge in [0.1, 0.15) is 0 Å². The van der Waals surface area contributed by atoms with Gasteiger partial charge in [0, 0.05) is 61.6 Å². The highest BCUT2D eigenvalue weighted by Gasteiger charge is 2.45. The van der Waals surface area contributed by atoms with Crippen molar-refractivity contribution in [3.05, 3.63) is 343 Å². The summed E-state index contributed by atoms with van der Waals surface area (Å²) in [4.78, 5) is 20.3. The highest BCUT2D eigenvalue weighted by atomic mass is 19.4. The van der Waals surface area contributed by atoms with Crippen molar-refractivity contribution in [3.63, 3.8) is 0 Å². The lowest BCUT2D eigenvalue weighted by Gasteiger charge is -2.45. The predicted molar refractivity (Wildman–Crippen MR) is 490 cm³/mol. The summed E-state index contributed by atoms with van der Waals surface area (Å²) in [7, 11) is 0. The molecule has 0 N–H and O–H groups in total. The predicted octanol–water partition coefficient (Wildman–Crippen LogP) is 27.9. The van der Waals surface area contributed by atoms with Gasteiger partial charge in [0.25, 0.3) is 6.71 Å². The maximum absolute atomic E-state index is 15.6. The first-order valence-electron chi connectivity index (χ1n) is 41.1. The van der Waals surface area contributed by atoms with Crippen molar-refractivity contribution in [1.82, 2.24) is 19.5 Å². The monoisotopic (exact) mass is 1540 g/mol. The number of fused-ring (bicyclic) bond motifs is 7. The molecule has 0 radical (unpaired) electrons. The number of nitrogens with zero attached hydrogens (tertiary/aromatic N) is 6. The van der Waals surface area contributed by atoms with Crippen molar-refractivity contribution in [2.45, 2.75) is 137 Å². The molecule has 0 amide bonds. The second-order valence-corrected chi connectivity index (χ2v) is 37.3. The molecule has 118 heavy (non-hydrogen) atoms. The third kappa shape index (κ3) is 14.2. The van der Waals surface area contributed by atoms with Gasteiger partial charge in [-0.3, -0.25) is 0 Å². The summed E-state index contributed by atoms with van der Waals surface area (Å²) in [6, 6.07) is 110. The molecule has 0 saturated heterocycles. The van der Waals surface area contributed by atoms with Crippen molar-refractivity contribution in [2.24, 2.45) is 0 Å². The average molecular weight is 1550 g/mol. The van der Waals surface area contributed by atoms with Crippen molar-refractivity contribution in [3.8, 4) is 95.5 Å². The van der Waals surface area contributed by atoms with Crippen molar-refractivity contribution < 1.29 is 13.2 Å². The van der Waals surface area contributed by atoms with E-state index >= 15 is 13.2 Å². The lowest BCUT2D eigenvalue weighted by Crippen LogP contribution is -2.61. The minimum absolute atomic E-state index is 0.107. The molecule has 582 valence electrons. The van der Waals surface area contributed by atoms with Crippen molar-refractivity contribution in [2.75, 3.05) is 9.80 Å². The van der Waals surface area contributed by atoms with Crippen LogP contribution in [0.5, 0.6) is 0 Å². The van der Waals surface area contributed by atoms with E-state index in [1.54, 1.807) is 6.07 Å². The van der Waals surface area contributed by atoms with Crippen LogP contribution in [0, 0.1) is 0 Å². The first-order chi connectivity index (χ1) is 56.2. The van der Waals surface area contributed by atoms with Gasteiger partial charge in [-0.25, -0.2) is 15.0 Å². The fourth-order valence-corrected chi connectivity index (χ4v) is 17.2. The second-order valence-electron chi connectivity index (χ2n) is 37.3. The number of rotatable bonds is 11. The fraction of sp³-hybridized carbons (Fsp3) is 0.194. The Morgan fingerprint density at radius 2 is 0.602 bits per heavy atom. The number of aromatic nitrogens is 4. The van der Waals surface area contributed by atoms with E-state index in [9.17, 15) is 0 Å². The Balaban J connectivity index is 0.932. The summed E-state index contributed by atoms with van der Waals surface area (Å²) < 4.78 is 48.9. The zero-order valence-corrected chi connectivity index (χ0v) is 69.8. The summed E-state index contributed by atoms with van der Waals surface area (Å²) in [5.74, 6) is 0.782. The average Bonchev–Trinajstić information content (AvgIpc) is 0.843. The fourth-order valence-electron chi connectivity index (χ4n) is 17.2. The van der Waals surface area contributed by atoms with Gasteiger partial charge >= 0.3 is 6.18 Å². The van der Waals surface area contributed by atoms with Crippen LogP contribution in [0.2, 0.25) is 0 Å². The molecule has 2 aliphatic rings. The van der Waals surface area contributed by atoms with Crippen molar-refractivity contribution in [1.29, 1.82) is 0 Å². The number of anilines is 6. The zero-order valence-electron chi connectivity index (χ0n) is 69.8. The zero-order chi connectivity index (χ0) is 82.3. The third-order valence-corrected chi connectivity index (χ3v) is 24.0. The van der Waals surface area contributed by atoms with Gasteiger partial charge in [-0.15, -0.1) is 0 Å². The Hall–Kier alpha value is -12.7. The summed E-state index contributed by atoms with van der Waals surface area (Å²) >= 11 is 0. The van der Waals surface area contributed by atoms with E-state index in [0.29, 0.717) is 28.5 Å². The Labute approximate surface area is 692 Å². The van der Waals surface area contributed by atoms with Crippen LogP contribution < -0.4 is 26.2 Å². The maximum Gasteiger partial charge on any atom is 0.416 e. The van der Waals surface area contributed by atoms with Gasteiger partial charge in [-0.2, -0.15) is 13.2 Å². The van der Waals surface area contributed by atoms with E-state index in [2.05, 4.69) is 349 Å². The van der Waals surface area contributed by atoms with Crippen LogP contribution in [0.3, 0.4) is 0 Å². The topological polar surface area (TPSA) is 50.1 Å². The Kier molecular flexibility index (Phi) is 18.6. The molecular formula is C108H96BF3N6. The van der Waals surface area contributed by atoms with E-state index < -0.39 is 11.7 Å². The molecule has 18 rings (SSSR count). The van der Waals surface area contributed by atoms with E-state index in [-0.39, 0.29) is 45.2 Å². The quantitative estimate of drug-likeness (QED) is 0.121. The molecule has 6 nitrogen and oxygen atoms in total. The van der Waals surface area contributed by atoms with Crippen molar-refractivity contribution >= 4 is 79.0 Å². The largest absolute Gasteiger partial charge is 0.416 e. The van der Waals surface area contributed by atoms with E-state index in [1.807, 2.05) is 60.7 Å². The summed E-state index contributed by atoms with van der Waals surface area (Å²) in [5, 5.41) is 1.85. The normalized spacial score (nSPS) is 13.1. The van der Waals surface area contributed by atoms with Crippen LogP contribution in [-0.4, -0.2) is 26.2 Å². The Morgan fingerprint density at radius 3 is 1.02 bits per heavy atom. The molecule has 10 heteroatoms. The molecule has 0 fully saturated rings. The SMILES string of the molecule is CC(C)(C)c1cc(-c2ccc3c(c2)N(c2ccc(-c4ccccc4)cc2)c2cc(-c4ccc5c(c4)c4ccc(C(C)(C)C)cc4n5-c4ccc(C(F)(F)F)cc4-c4nc(-c5ccccc5)nc(-c5ccccc5)n4)cc4c2B3c2ccc(-c3cc(C(C)(C)C)cc(C(C)(C)C)c3)cc2N4c2ccc(-c3ccccc3)cc2)cc(C(C)(C)C)c1. The van der Waals surface area contributed by atoms with Crippen LogP contribution in [0.1, 0.15) is 137 Å². The highest BCUT2D eigenvalue weighted by Crippen LogP contribution is 2.51. The molecule has 14 aromatic carbocycles. The molecule has 0 unspecified atom stereocenters. The highest BCUT2D eigenvalue weighted by molar-refractivity contribution is 7.00. The van der Waals surface area contributed by atoms with Crippen LogP contribution in [0.15, 0.2) is 309 Å². The van der Waals surface area contributed by atoms with Crippen LogP contribution in [0.4, 0.5) is 47.3 Å². The molecule has 16 aromatic rings. The number of benzene rings is 14. The van der Waals surface area contributed by atoms with Gasteiger partial charge in [-0.05, 0) is 212 Å². The second kappa shape index (κ2) is 28.6. The molecule has 0 saturated carbocycles. The lowest BCUT2D eigenvalue weighted by molar-refractivity contribution is -0.137. The molecule has 0 bridgehead atoms. The van der Waals surface area contributed by atoms with Crippen LogP contribution in [-0.2, 0) is 33.3 Å². The molecule has 0 atom stereocenters. The maximum atomic E-state index is 15.6. The minimum Gasteiger partial charge on any atom is -0.311 e. The first-order valence-corrected chi connectivity index (χ1v) is 41.1. The van der Waals surface area contributed by atoms with Crippen LogP contribution >= 0.6 is 0 Å². The van der Waals surface area contributed by atoms with Gasteiger partial charge in [0.05, 0.1) is 22.3 Å². The number of hydrogen-bond donors (Lipinski definition) is 0. The van der Waals surface area contributed by atoms with Crippen LogP contribution in [0.25, 0.3) is 117 Å². The molecule has 0 aliphatic carbocycles. The number of alkyl halides is 3. The van der Waals surface area contributed by atoms with E-state index in [0.717, 1.165) is 106 Å². The molecular weight excluding hydrogens is 1450 g/mol. The molecule has 4 heterocycles. The number of halogens is 3. The Morgan fingerprint density at radius 1 is 0.246 bits per heavy atom. The van der Waals surface area contributed by atoms with Gasteiger partial charge < -0.3 is 14.4 Å². The Bertz CT molecular complexity index is 6240. The summed E-state index contributed by atoms with van der Waals surface area (Å²) in [6.07, 6.45) is -4.70. The smallest absolute Gasteiger partial charge is 0.311 e. The molecule has 2 aliphatic heterocycles. The van der Waals surface area contributed by atoms with Gasteiger partial charge in [0.2, 0.25) is 0 Å². The summed E-state index contributed by atoms with van der Waals surface area (Å²) in [6.45, 7) is 34.1. The van der Waals surface area contributed by atoms with Gasteiger partial charge in [0.15, 0.2) is 17.5 Å². The summed E-state index contributed by atoms with van der Waals surface area (Å²) in [5.41, 5.74) is 29.1. The molecule has 0 spiro atoms. The van der Waals surface area contributed by atoms with E-state index in [4.69, 9.17) is 15.0 Å². The van der Waals surface area contributed by atoms with E-state index in [1.165, 1.54) is 61.9 Å². The first kappa shape index (κ1) is 76.6. The minimum atomic E-state index is -4.70.